The number of benzene rings is 3. The van der Waals surface area contributed by atoms with E-state index in [1.54, 1.807) is 36.4 Å². The van der Waals surface area contributed by atoms with E-state index in [1.807, 2.05) is 44.2 Å². The minimum Gasteiger partial charge on any atom is -0.493 e. The van der Waals surface area contributed by atoms with Crippen LogP contribution in [-0.4, -0.2) is 11.2 Å². The lowest BCUT2D eigenvalue weighted by atomic mass is 10.0. The molecule has 0 amide bonds. The molecule has 0 unspecified atom stereocenters. The third-order valence-corrected chi connectivity index (χ3v) is 6.70. The molecule has 1 aromatic heterocycles. The van der Waals surface area contributed by atoms with E-state index < -0.39 is 22.9 Å². The number of nitrogens with zero attached hydrogens (tertiary/aromatic N) is 2. The number of halogens is 3. The summed E-state index contributed by atoms with van der Waals surface area (Å²) in [4.78, 5) is 13.3. The molecule has 0 aliphatic carbocycles. The summed E-state index contributed by atoms with van der Waals surface area (Å²) in [7, 11) is 0. The summed E-state index contributed by atoms with van der Waals surface area (Å²) in [5.74, 6) is 2.20. The zero-order valence-electron chi connectivity index (χ0n) is 23.4. The van der Waals surface area contributed by atoms with Crippen molar-refractivity contribution in [3.05, 3.63) is 111 Å². The van der Waals surface area contributed by atoms with Gasteiger partial charge in [-0.1, -0.05) is 43.7 Å². The van der Waals surface area contributed by atoms with E-state index in [1.165, 1.54) is 10.6 Å². The highest BCUT2D eigenvalue weighted by molar-refractivity contribution is 5.64. The molecule has 0 aliphatic heterocycles. The van der Waals surface area contributed by atoms with Gasteiger partial charge in [0.2, 0.25) is 0 Å². The Hall–Kier alpha value is -4.51. The quantitative estimate of drug-likeness (QED) is 0.207. The normalized spacial score (nSPS) is 11.4. The van der Waals surface area contributed by atoms with E-state index in [-0.39, 0.29) is 12.2 Å². The van der Waals surface area contributed by atoms with Crippen molar-refractivity contribution in [3.63, 3.8) is 0 Å². The van der Waals surface area contributed by atoms with Crippen LogP contribution in [0.15, 0.2) is 77.6 Å². The van der Waals surface area contributed by atoms with Gasteiger partial charge in [-0.05, 0) is 85.3 Å². The van der Waals surface area contributed by atoms with E-state index in [4.69, 9.17) is 9.47 Å². The minimum absolute atomic E-state index is 0.00888. The molecule has 3 aromatic carbocycles. The van der Waals surface area contributed by atoms with E-state index in [0.29, 0.717) is 35.3 Å². The fourth-order valence-corrected chi connectivity index (χ4v) is 4.44. The van der Waals surface area contributed by atoms with Gasteiger partial charge in [0.05, 0.1) is 24.4 Å². The Morgan fingerprint density at radius 2 is 1.63 bits per heavy atom. The van der Waals surface area contributed by atoms with Crippen LogP contribution >= 0.6 is 0 Å². The fraction of sp³-hybridized carbons (Fsp3) is 0.273. The van der Waals surface area contributed by atoms with Crippen LogP contribution in [-0.2, 0) is 12.7 Å². The molecule has 0 atom stereocenters. The van der Waals surface area contributed by atoms with Crippen molar-refractivity contribution in [1.29, 1.82) is 5.26 Å². The lowest BCUT2D eigenvalue weighted by molar-refractivity contribution is -0.137. The number of aryl methyl sites for hydroxylation is 2. The predicted octanol–water partition coefficient (Wildman–Crippen LogP) is 8.29. The zero-order chi connectivity index (χ0) is 29.7. The summed E-state index contributed by atoms with van der Waals surface area (Å²) in [5, 5.41) is 9.48. The maximum Gasteiger partial charge on any atom is 0.417 e. The first-order valence-electron chi connectivity index (χ1n) is 13.3. The number of alkyl halides is 3. The molecule has 0 fully saturated rings. The molecule has 4 aromatic rings. The highest BCUT2D eigenvalue weighted by Gasteiger charge is 2.36. The molecule has 5 nitrogen and oxygen atoms in total. The maximum absolute atomic E-state index is 13.9. The standard InChI is InChI=1S/C33H31F3N2O3/c1-21(2)14-15-40-27-6-5-7-28(17-27)41-26-12-10-24(11-13-26)31-18-30(33(34,35)36)29(19-37)32(39)38(31)20-25-9-8-22(3)16-23(25)4/h5-13,16-18,21H,14-15,20H2,1-4H3. The number of hydrogen-bond donors (Lipinski definition) is 0. The van der Waals surface area contributed by atoms with Gasteiger partial charge in [-0.2, -0.15) is 18.4 Å². The maximum atomic E-state index is 13.9. The van der Waals surface area contributed by atoms with E-state index in [2.05, 4.69) is 13.8 Å². The molecule has 8 heteroatoms. The fourth-order valence-electron chi connectivity index (χ4n) is 4.44. The van der Waals surface area contributed by atoms with Gasteiger partial charge >= 0.3 is 6.18 Å². The number of pyridine rings is 1. The van der Waals surface area contributed by atoms with Gasteiger partial charge in [0.25, 0.3) is 5.56 Å². The molecular formula is C33H31F3N2O3. The number of hydrogen-bond acceptors (Lipinski definition) is 4. The van der Waals surface area contributed by atoms with Crippen LogP contribution in [0.5, 0.6) is 17.2 Å². The first-order chi connectivity index (χ1) is 19.5. The SMILES string of the molecule is Cc1ccc(Cn2c(-c3ccc(Oc4cccc(OCCC(C)C)c4)cc3)cc(C(F)(F)F)c(C#N)c2=O)c(C)c1. The number of aromatic nitrogens is 1. The largest absolute Gasteiger partial charge is 0.493 e. The number of rotatable bonds is 9. The molecule has 212 valence electrons. The summed E-state index contributed by atoms with van der Waals surface area (Å²) in [6, 6.07) is 21.6. The smallest absolute Gasteiger partial charge is 0.417 e. The summed E-state index contributed by atoms with van der Waals surface area (Å²) in [5.41, 5.74) is -0.0844. The average molecular weight is 561 g/mol. The highest BCUT2D eigenvalue weighted by atomic mass is 19.4. The molecule has 0 bridgehead atoms. The summed E-state index contributed by atoms with van der Waals surface area (Å²) in [6.07, 6.45) is -3.95. The molecule has 0 radical (unpaired) electrons. The van der Waals surface area contributed by atoms with Crippen LogP contribution in [0.4, 0.5) is 13.2 Å². The van der Waals surface area contributed by atoms with Crippen molar-refractivity contribution in [2.75, 3.05) is 6.61 Å². The Kier molecular flexibility index (Phi) is 8.87. The van der Waals surface area contributed by atoms with Crippen LogP contribution in [0, 0.1) is 31.1 Å². The van der Waals surface area contributed by atoms with E-state index in [9.17, 15) is 23.2 Å². The van der Waals surface area contributed by atoms with Gasteiger partial charge in [-0.15, -0.1) is 0 Å². The molecular weight excluding hydrogens is 529 g/mol. The van der Waals surface area contributed by atoms with Crippen molar-refractivity contribution in [2.45, 2.75) is 46.8 Å². The second kappa shape index (κ2) is 12.3. The average Bonchev–Trinajstić information content (AvgIpc) is 2.91. The molecule has 0 spiro atoms. The van der Waals surface area contributed by atoms with Gasteiger partial charge in [-0.3, -0.25) is 4.79 Å². The van der Waals surface area contributed by atoms with Crippen molar-refractivity contribution in [3.8, 4) is 34.6 Å². The minimum atomic E-state index is -4.87. The number of nitriles is 1. The van der Waals surface area contributed by atoms with E-state index >= 15 is 0 Å². The topological polar surface area (TPSA) is 64.2 Å². The van der Waals surface area contributed by atoms with Crippen LogP contribution in [0.25, 0.3) is 11.3 Å². The van der Waals surface area contributed by atoms with Gasteiger partial charge in [0, 0.05) is 6.07 Å². The van der Waals surface area contributed by atoms with Crippen molar-refractivity contribution in [2.24, 2.45) is 5.92 Å². The highest BCUT2D eigenvalue weighted by Crippen LogP contribution is 2.35. The van der Waals surface area contributed by atoms with Crippen molar-refractivity contribution in [1.82, 2.24) is 4.57 Å². The Morgan fingerprint density at radius 3 is 2.27 bits per heavy atom. The molecule has 41 heavy (non-hydrogen) atoms. The van der Waals surface area contributed by atoms with Crippen molar-refractivity contribution < 1.29 is 22.6 Å². The second-order valence-electron chi connectivity index (χ2n) is 10.4. The van der Waals surface area contributed by atoms with Gasteiger partial charge in [-0.25, -0.2) is 0 Å². The molecule has 0 aliphatic rings. The Bertz CT molecular complexity index is 1630. The third-order valence-electron chi connectivity index (χ3n) is 6.70. The van der Waals surface area contributed by atoms with Gasteiger partial charge in [0.1, 0.15) is 28.9 Å². The monoisotopic (exact) mass is 560 g/mol. The Labute approximate surface area is 237 Å². The van der Waals surface area contributed by atoms with E-state index in [0.717, 1.165) is 29.2 Å². The Morgan fingerprint density at radius 1 is 0.927 bits per heavy atom. The molecule has 0 N–H and O–H groups in total. The van der Waals surface area contributed by atoms with Crippen LogP contribution < -0.4 is 15.0 Å². The summed E-state index contributed by atoms with van der Waals surface area (Å²) < 4.78 is 54.7. The van der Waals surface area contributed by atoms with Crippen LogP contribution in [0.3, 0.4) is 0 Å². The number of ether oxygens (including phenoxy) is 2. The lowest BCUT2D eigenvalue weighted by Gasteiger charge is -2.19. The zero-order valence-corrected chi connectivity index (χ0v) is 23.4. The third kappa shape index (κ3) is 7.17. The first-order valence-corrected chi connectivity index (χ1v) is 13.3. The second-order valence-corrected chi connectivity index (χ2v) is 10.4. The van der Waals surface area contributed by atoms with Crippen molar-refractivity contribution >= 4 is 0 Å². The van der Waals surface area contributed by atoms with Gasteiger partial charge < -0.3 is 14.0 Å². The predicted molar refractivity (Wildman–Crippen MR) is 152 cm³/mol. The molecule has 0 saturated heterocycles. The molecule has 1 heterocycles. The molecule has 0 saturated carbocycles. The summed E-state index contributed by atoms with van der Waals surface area (Å²) in [6.45, 7) is 8.65. The summed E-state index contributed by atoms with van der Waals surface area (Å²) >= 11 is 0. The van der Waals surface area contributed by atoms with Crippen LogP contribution in [0.1, 0.15) is 48.1 Å². The van der Waals surface area contributed by atoms with Gasteiger partial charge in [0.15, 0.2) is 0 Å². The molecule has 4 rings (SSSR count). The van der Waals surface area contributed by atoms with Crippen LogP contribution in [0.2, 0.25) is 0 Å². The first kappa shape index (κ1) is 29.5. The lowest BCUT2D eigenvalue weighted by Crippen LogP contribution is -2.29. The Balaban J connectivity index is 1.70.